The molecule has 146 valence electrons. The van der Waals surface area contributed by atoms with E-state index in [2.05, 4.69) is 46.2 Å². The van der Waals surface area contributed by atoms with Crippen LogP contribution in [0.2, 0.25) is 0 Å². The summed E-state index contributed by atoms with van der Waals surface area (Å²) in [6, 6.07) is 10.6. The Labute approximate surface area is 175 Å². The number of rotatable bonds is 3. The number of nitrogens with zero attached hydrogens (tertiary/aromatic N) is 2. The van der Waals surface area contributed by atoms with E-state index in [1.165, 1.54) is 41.7 Å². The van der Waals surface area contributed by atoms with Gasteiger partial charge in [-0.15, -0.1) is 23.1 Å². The number of thioether (sulfide) groups is 1. The number of amides is 1. The van der Waals surface area contributed by atoms with Crippen molar-refractivity contribution in [3.8, 4) is 0 Å². The third-order valence-corrected chi connectivity index (χ3v) is 8.38. The van der Waals surface area contributed by atoms with Gasteiger partial charge < -0.3 is 4.90 Å². The van der Waals surface area contributed by atoms with E-state index in [9.17, 15) is 4.79 Å². The van der Waals surface area contributed by atoms with Gasteiger partial charge in [-0.1, -0.05) is 30.3 Å². The number of thiophene rings is 1. The first-order chi connectivity index (χ1) is 13.8. The van der Waals surface area contributed by atoms with Crippen molar-refractivity contribution in [2.24, 2.45) is 0 Å². The molecular weight excluding hydrogens is 384 g/mol. The van der Waals surface area contributed by atoms with E-state index in [4.69, 9.17) is 0 Å². The summed E-state index contributed by atoms with van der Waals surface area (Å²) in [6.07, 6.45) is 7.30. The number of hydrogen-bond acceptors (Lipinski definition) is 4. The highest BCUT2D eigenvalue weighted by atomic mass is 32.2. The normalized spacial score (nSPS) is 19.7. The Kier molecular flexibility index (Phi) is 5.31. The minimum absolute atomic E-state index is 0.237. The maximum Gasteiger partial charge on any atom is 0.260 e. The molecule has 0 N–H and O–H groups in total. The standard InChI is InChI=1S/C23H26N2OS2/c26-23(25-12-10-24(11-13-25)15-17-6-2-1-3-7-17)22-14-21-19(16-27-22)18-8-4-5-9-20(18)28-21/h1-3,6-7,14H,4-5,8-13,15-16H2. The van der Waals surface area contributed by atoms with Gasteiger partial charge in [0.15, 0.2) is 0 Å². The summed E-state index contributed by atoms with van der Waals surface area (Å²) in [5.41, 5.74) is 4.48. The van der Waals surface area contributed by atoms with Crippen LogP contribution in [-0.4, -0.2) is 41.9 Å². The van der Waals surface area contributed by atoms with Crippen LogP contribution in [0, 0.1) is 0 Å². The number of hydrogen-bond donors (Lipinski definition) is 0. The minimum atomic E-state index is 0.237. The molecular formula is C23H26N2OS2. The summed E-state index contributed by atoms with van der Waals surface area (Å²) in [5, 5.41) is 0. The van der Waals surface area contributed by atoms with Gasteiger partial charge >= 0.3 is 0 Å². The molecule has 2 aromatic rings. The van der Waals surface area contributed by atoms with Crippen LogP contribution in [-0.2, 0) is 29.9 Å². The molecule has 1 saturated heterocycles. The van der Waals surface area contributed by atoms with Crippen LogP contribution in [0.3, 0.4) is 0 Å². The molecule has 3 heterocycles. The SMILES string of the molecule is O=C(C1=Cc2sc3c(c2CS1)CCCC3)N1CCN(Cc2ccccc2)CC1. The van der Waals surface area contributed by atoms with Crippen molar-refractivity contribution in [1.29, 1.82) is 0 Å². The first-order valence-corrected chi connectivity index (χ1v) is 12.1. The molecule has 0 unspecified atom stereocenters. The molecule has 3 aliphatic rings. The topological polar surface area (TPSA) is 23.6 Å². The molecule has 5 heteroatoms. The van der Waals surface area contributed by atoms with Gasteiger partial charge in [0.2, 0.25) is 0 Å². The van der Waals surface area contributed by atoms with Crippen molar-refractivity contribution in [2.45, 2.75) is 38.0 Å². The minimum Gasteiger partial charge on any atom is -0.336 e. The second kappa shape index (κ2) is 8.05. The fourth-order valence-electron chi connectivity index (χ4n) is 4.47. The van der Waals surface area contributed by atoms with Crippen molar-refractivity contribution >= 4 is 35.1 Å². The highest BCUT2D eigenvalue weighted by molar-refractivity contribution is 8.03. The van der Waals surface area contributed by atoms with Gasteiger partial charge in [0.25, 0.3) is 5.91 Å². The zero-order valence-electron chi connectivity index (χ0n) is 16.2. The van der Waals surface area contributed by atoms with Gasteiger partial charge in [0.05, 0.1) is 4.91 Å². The van der Waals surface area contributed by atoms with Gasteiger partial charge in [-0.05, 0) is 48.4 Å². The molecule has 0 radical (unpaired) electrons. The van der Waals surface area contributed by atoms with Gasteiger partial charge in [-0.3, -0.25) is 9.69 Å². The van der Waals surface area contributed by atoms with E-state index in [1.54, 1.807) is 22.2 Å². The Bertz CT molecular complexity index is 895. The Morgan fingerprint density at radius 1 is 0.964 bits per heavy atom. The van der Waals surface area contributed by atoms with Crippen LogP contribution in [0.15, 0.2) is 35.2 Å². The Hall–Kier alpha value is -1.56. The number of fused-ring (bicyclic) bond motifs is 3. The molecule has 1 aliphatic carbocycles. The molecule has 28 heavy (non-hydrogen) atoms. The van der Waals surface area contributed by atoms with Gasteiger partial charge in [0, 0.05) is 48.2 Å². The molecule has 1 aromatic heterocycles. The van der Waals surface area contributed by atoms with Crippen molar-refractivity contribution in [3.05, 3.63) is 61.7 Å². The molecule has 5 rings (SSSR count). The van der Waals surface area contributed by atoms with E-state index < -0.39 is 0 Å². The predicted molar refractivity (Wildman–Crippen MR) is 119 cm³/mol. The van der Waals surface area contributed by atoms with Gasteiger partial charge in [-0.2, -0.15) is 0 Å². The zero-order chi connectivity index (χ0) is 18.9. The predicted octanol–water partition coefficient (Wildman–Crippen LogP) is 4.56. The van der Waals surface area contributed by atoms with Crippen molar-refractivity contribution in [1.82, 2.24) is 9.80 Å². The Balaban J connectivity index is 1.23. The monoisotopic (exact) mass is 410 g/mol. The number of benzene rings is 1. The van der Waals surface area contributed by atoms with Crippen molar-refractivity contribution < 1.29 is 4.79 Å². The number of piperazine rings is 1. The second-order valence-corrected chi connectivity index (χ2v) is 10.1. The van der Waals surface area contributed by atoms with Crippen LogP contribution in [0.5, 0.6) is 0 Å². The number of carbonyl (C=O) groups is 1. The lowest BCUT2D eigenvalue weighted by Gasteiger charge is -2.35. The summed E-state index contributed by atoms with van der Waals surface area (Å²) in [5.74, 6) is 1.22. The maximum absolute atomic E-state index is 13.1. The van der Waals surface area contributed by atoms with Crippen molar-refractivity contribution in [3.63, 3.8) is 0 Å². The lowest BCUT2D eigenvalue weighted by molar-refractivity contribution is -0.128. The van der Waals surface area contributed by atoms with Crippen LogP contribution in [0.1, 0.15) is 39.3 Å². The van der Waals surface area contributed by atoms with E-state index in [0.29, 0.717) is 0 Å². The van der Waals surface area contributed by atoms with Crippen LogP contribution >= 0.6 is 23.1 Å². The lowest BCUT2D eigenvalue weighted by atomic mass is 9.95. The van der Waals surface area contributed by atoms with E-state index in [0.717, 1.165) is 43.4 Å². The third-order valence-electron chi connectivity index (χ3n) is 6.07. The summed E-state index contributed by atoms with van der Waals surface area (Å²) in [6.45, 7) is 4.55. The summed E-state index contributed by atoms with van der Waals surface area (Å²) in [4.78, 5) is 21.5. The summed E-state index contributed by atoms with van der Waals surface area (Å²) >= 11 is 3.69. The average Bonchev–Trinajstić information content (AvgIpc) is 3.12. The van der Waals surface area contributed by atoms with Crippen LogP contribution in [0.25, 0.3) is 6.08 Å². The van der Waals surface area contributed by atoms with E-state index in [-0.39, 0.29) is 5.91 Å². The fraction of sp³-hybridized carbons (Fsp3) is 0.435. The van der Waals surface area contributed by atoms with Crippen molar-refractivity contribution in [2.75, 3.05) is 26.2 Å². The average molecular weight is 411 g/mol. The molecule has 1 amide bonds. The highest BCUT2D eigenvalue weighted by Gasteiger charge is 2.28. The molecule has 2 aliphatic heterocycles. The summed E-state index contributed by atoms with van der Waals surface area (Å²) < 4.78 is 0. The second-order valence-electron chi connectivity index (χ2n) is 7.90. The highest BCUT2D eigenvalue weighted by Crippen LogP contribution is 2.43. The number of carbonyl (C=O) groups excluding carboxylic acids is 1. The zero-order valence-corrected chi connectivity index (χ0v) is 17.8. The van der Waals surface area contributed by atoms with E-state index >= 15 is 0 Å². The first-order valence-electron chi connectivity index (χ1n) is 10.3. The maximum atomic E-state index is 13.1. The lowest BCUT2D eigenvalue weighted by Crippen LogP contribution is -2.48. The van der Waals surface area contributed by atoms with Crippen LogP contribution < -0.4 is 0 Å². The molecule has 3 nitrogen and oxygen atoms in total. The third kappa shape index (κ3) is 3.68. The summed E-state index contributed by atoms with van der Waals surface area (Å²) in [7, 11) is 0. The van der Waals surface area contributed by atoms with Gasteiger partial charge in [0.1, 0.15) is 0 Å². The Morgan fingerprint density at radius 3 is 2.57 bits per heavy atom. The molecule has 0 spiro atoms. The Morgan fingerprint density at radius 2 is 1.75 bits per heavy atom. The molecule has 0 saturated carbocycles. The largest absolute Gasteiger partial charge is 0.336 e. The fourth-order valence-corrected chi connectivity index (χ4v) is 7.07. The van der Waals surface area contributed by atoms with Crippen LogP contribution in [0.4, 0.5) is 0 Å². The first kappa shape index (κ1) is 18.5. The molecule has 1 aromatic carbocycles. The molecule has 0 bridgehead atoms. The smallest absolute Gasteiger partial charge is 0.260 e. The molecule has 1 fully saturated rings. The number of aryl methyl sites for hydroxylation is 1. The van der Waals surface area contributed by atoms with Gasteiger partial charge in [-0.25, -0.2) is 0 Å². The molecule has 0 atom stereocenters. The quantitative estimate of drug-likeness (QED) is 0.741. The van der Waals surface area contributed by atoms with E-state index in [1.807, 2.05) is 11.3 Å².